The number of ether oxygens (including phenoxy) is 1. The molecule has 0 aliphatic heterocycles. The minimum absolute atomic E-state index is 0.00217. The Balaban J connectivity index is 2.45. The summed E-state index contributed by atoms with van der Waals surface area (Å²) in [5.74, 6) is -1.56. The van der Waals surface area contributed by atoms with Gasteiger partial charge in [0.05, 0.1) is 11.8 Å². The lowest BCUT2D eigenvalue weighted by molar-refractivity contribution is -0.157. The molecule has 3 atom stereocenters. The van der Waals surface area contributed by atoms with Crippen LogP contribution in [0.4, 0.5) is 0 Å². The van der Waals surface area contributed by atoms with Crippen LogP contribution in [0.25, 0.3) is 0 Å². The molecular weight excluding hydrogens is 244 g/mol. The van der Waals surface area contributed by atoms with Crippen LogP contribution in [0.1, 0.15) is 65.2 Å². The quantitative estimate of drug-likeness (QED) is 0.720. The van der Waals surface area contributed by atoms with Crippen LogP contribution in [0, 0.1) is 11.8 Å². The predicted octanol–water partition coefficient (Wildman–Crippen LogP) is 3.39. The first kappa shape index (κ1) is 16.0. The lowest BCUT2D eigenvalue weighted by Gasteiger charge is -2.27. The molecule has 19 heavy (non-hydrogen) atoms. The fourth-order valence-corrected chi connectivity index (χ4v) is 2.67. The maximum absolute atomic E-state index is 12.1. The van der Waals surface area contributed by atoms with E-state index in [9.17, 15) is 9.59 Å². The van der Waals surface area contributed by atoms with E-state index in [1.54, 1.807) is 0 Å². The number of carboxylic acids is 1. The van der Waals surface area contributed by atoms with E-state index in [1.807, 2.05) is 6.92 Å². The number of carboxylic acid groups (broad SMARTS) is 1. The smallest absolute Gasteiger partial charge is 0.309 e. The van der Waals surface area contributed by atoms with Crippen LogP contribution < -0.4 is 0 Å². The Morgan fingerprint density at radius 3 is 2.53 bits per heavy atom. The number of aliphatic carboxylic acids is 1. The average Bonchev–Trinajstić information content (AvgIpc) is 2.43. The van der Waals surface area contributed by atoms with E-state index in [4.69, 9.17) is 9.84 Å². The van der Waals surface area contributed by atoms with Gasteiger partial charge in [-0.2, -0.15) is 0 Å². The van der Waals surface area contributed by atoms with Gasteiger partial charge in [0.25, 0.3) is 0 Å². The van der Waals surface area contributed by atoms with Crippen molar-refractivity contribution in [2.75, 3.05) is 0 Å². The van der Waals surface area contributed by atoms with Gasteiger partial charge in [-0.25, -0.2) is 0 Å². The fraction of sp³-hybridized carbons (Fsp3) is 0.867. The first-order valence-corrected chi connectivity index (χ1v) is 7.51. The Bertz CT molecular complexity index is 301. The molecular formula is C15H26O4. The van der Waals surface area contributed by atoms with Crippen molar-refractivity contribution in [3.63, 3.8) is 0 Å². The normalized spacial score (nSPS) is 24.7. The summed E-state index contributed by atoms with van der Waals surface area (Å²) in [4.78, 5) is 23.1. The molecule has 1 fully saturated rings. The molecule has 1 saturated carbocycles. The molecule has 0 aromatic rings. The zero-order valence-electron chi connectivity index (χ0n) is 12.1. The summed E-state index contributed by atoms with van der Waals surface area (Å²) >= 11 is 0. The van der Waals surface area contributed by atoms with Crippen LogP contribution in [0.5, 0.6) is 0 Å². The van der Waals surface area contributed by atoms with E-state index in [0.29, 0.717) is 12.8 Å². The first-order valence-electron chi connectivity index (χ1n) is 7.51. The molecule has 1 aliphatic carbocycles. The summed E-state index contributed by atoms with van der Waals surface area (Å²) in [7, 11) is 0. The van der Waals surface area contributed by atoms with E-state index in [2.05, 4.69) is 6.92 Å². The van der Waals surface area contributed by atoms with E-state index >= 15 is 0 Å². The van der Waals surface area contributed by atoms with Crippen LogP contribution in [-0.2, 0) is 14.3 Å². The molecule has 0 saturated heterocycles. The zero-order valence-corrected chi connectivity index (χ0v) is 12.1. The third-order valence-corrected chi connectivity index (χ3v) is 3.97. The van der Waals surface area contributed by atoms with Gasteiger partial charge >= 0.3 is 11.9 Å². The molecule has 4 nitrogen and oxygen atoms in total. The van der Waals surface area contributed by atoms with Gasteiger partial charge in [0.15, 0.2) is 0 Å². The van der Waals surface area contributed by atoms with Gasteiger partial charge in [-0.05, 0) is 32.1 Å². The third-order valence-electron chi connectivity index (χ3n) is 3.97. The van der Waals surface area contributed by atoms with Crippen molar-refractivity contribution >= 4 is 11.9 Å². The molecule has 3 unspecified atom stereocenters. The van der Waals surface area contributed by atoms with Crippen LogP contribution in [0.2, 0.25) is 0 Å². The third kappa shape index (κ3) is 5.21. The number of unbranched alkanes of at least 4 members (excludes halogenated alkanes) is 1. The highest BCUT2D eigenvalue weighted by atomic mass is 16.5. The van der Waals surface area contributed by atoms with Crippen molar-refractivity contribution in [3.05, 3.63) is 0 Å². The summed E-state index contributed by atoms with van der Waals surface area (Å²) in [5.41, 5.74) is 0. The van der Waals surface area contributed by atoms with Crippen LogP contribution >= 0.6 is 0 Å². The maximum Gasteiger partial charge on any atom is 0.309 e. The van der Waals surface area contributed by atoms with Crippen molar-refractivity contribution in [2.45, 2.75) is 71.3 Å². The summed E-state index contributed by atoms with van der Waals surface area (Å²) in [5, 5.41) is 9.03. The maximum atomic E-state index is 12.1. The molecule has 0 spiro atoms. The largest absolute Gasteiger partial charge is 0.481 e. The second-order valence-corrected chi connectivity index (χ2v) is 5.51. The monoisotopic (exact) mass is 270 g/mol. The Hall–Kier alpha value is -1.06. The van der Waals surface area contributed by atoms with Crippen LogP contribution in [-0.4, -0.2) is 23.1 Å². The van der Waals surface area contributed by atoms with Crippen LogP contribution in [0.15, 0.2) is 0 Å². The fourth-order valence-electron chi connectivity index (χ4n) is 2.67. The van der Waals surface area contributed by atoms with Crippen molar-refractivity contribution < 1.29 is 19.4 Å². The van der Waals surface area contributed by atoms with E-state index in [0.717, 1.165) is 38.5 Å². The van der Waals surface area contributed by atoms with Crippen molar-refractivity contribution in [3.8, 4) is 0 Å². The molecule has 1 rings (SSSR count). The van der Waals surface area contributed by atoms with E-state index < -0.39 is 5.97 Å². The lowest BCUT2D eigenvalue weighted by Crippen LogP contribution is -2.30. The topological polar surface area (TPSA) is 63.6 Å². The molecule has 0 radical (unpaired) electrons. The van der Waals surface area contributed by atoms with Gasteiger partial charge in [-0.15, -0.1) is 0 Å². The van der Waals surface area contributed by atoms with E-state index in [-0.39, 0.29) is 23.9 Å². The Morgan fingerprint density at radius 2 is 1.95 bits per heavy atom. The molecule has 0 amide bonds. The van der Waals surface area contributed by atoms with Gasteiger partial charge in [0.1, 0.15) is 6.10 Å². The molecule has 0 aromatic heterocycles. The highest BCUT2D eigenvalue weighted by Crippen LogP contribution is 2.30. The summed E-state index contributed by atoms with van der Waals surface area (Å²) < 4.78 is 5.54. The number of hydrogen-bond donors (Lipinski definition) is 1. The molecule has 110 valence electrons. The van der Waals surface area contributed by atoms with Gasteiger partial charge in [0.2, 0.25) is 0 Å². The molecule has 1 aliphatic rings. The summed E-state index contributed by atoms with van der Waals surface area (Å²) in [6, 6.07) is 0. The summed E-state index contributed by atoms with van der Waals surface area (Å²) in [6.07, 6.45) is 6.61. The zero-order chi connectivity index (χ0) is 14.3. The first-order chi connectivity index (χ1) is 9.08. The standard InChI is InChI=1S/C15H26O4/c1-3-5-9-13(4-2)19-15(18)12-8-6-7-11(10-12)14(16)17/h11-13H,3-10H2,1-2H3,(H,16,17). The van der Waals surface area contributed by atoms with Crippen LogP contribution in [0.3, 0.4) is 0 Å². The molecule has 0 heterocycles. The SMILES string of the molecule is CCCCC(CC)OC(=O)C1CCCC(C(=O)O)C1. The van der Waals surface area contributed by atoms with Crippen molar-refractivity contribution in [1.29, 1.82) is 0 Å². The Morgan fingerprint density at radius 1 is 1.26 bits per heavy atom. The second kappa shape index (κ2) is 8.18. The second-order valence-electron chi connectivity index (χ2n) is 5.51. The number of hydrogen-bond acceptors (Lipinski definition) is 3. The van der Waals surface area contributed by atoms with Gasteiger partial charge in [-0.1, -0.05) is 33.1 Å². The Kier molecular flexibility index (Phi) is 6.89. The van der Waals surface area contributed by atoms with Crippen molar-refractivity contribution in [1.82, 2.24) is 0 Å². The minimum atomic E-state index is -0.782. The number of rotatable bonds is 7. The number of esters is 1. The van der Waals surface area contributed by atoms with Gasteiger partial charge in [0, 0.05) is 0 Å². The lowest BCUT2D eigenvalue weighted by atomic mass is 9.81. The van der Waals surface area contributed by atoms with Gasteiger partial charge < -0.3 is 9.84 Å². The predicted molar refractivity (Wildman–Crippen MR) is 72.8 cm³/mol. The number of carbonyl (C=O) groups is 2. The highest BCUT2D eigenvalue weighted by Gasteiger charge is 2.32. The molecule has 0 aromatic carbocycles. The summed E-state index contributed by atoms with van der Waals surface area (Å²) in [6.45, 7) is 4.14. The van der Waals surface area contributed by atoms with Crippen molar-refractivity contribution in [2.24, 2.45) is 11.8 Å². The highest BCUT2D eigenvalue weighted by molar-refractivity contribution is 5.75. The molecule has 0 bridgehead atoms. The molecule has 4 heteroatoms. The Labute approximate surface area is 115 Å². The molecule has 1 N–H and O–H groups in total. The minimum Gasteiger partial charge on any atom is -0.481 e. The van der Waals surface area contributed by atoms with E-state index in [1.165, 1.54) is 0 Å². The number of carbonyl (C=O) groups excluding carboxylic acids is 1. The van der Waals surface area contributed by atoms with Gasteiger partial charge in [-0.3, -0.25) is 9.59 Å². The average molecular weight is 270 g/mol.